The summed E-state index contributed by atoms with van der Waals surface area (Å²) in [4.78, 5) is 34.4. The van der Waals surface area contributed by atoms with Crippen molar-refractivity contribution in [2.45, 2.75) is 5.03 Å². The molecule has 0 radical (unpaired) electrons. The summed E-state index contributed by atoms with van der Waals surface area (Å²) in [6.45, 7) is 0. The van der Waals surface area contributed by atoms with Gasteiger partial charge in [0.1, 0.15) is 5.03 Å². The molecule has 0 fully saturated rings. The highest BCUT2D eigenvalue weighted by Gasteiger charge is 2.11. The summed E-state index contributed by atoms with van der Waals surface area (Å²) in [6.07, 6.45) is 0. The molecule has 3 rings (SSSR count). The van der Waals surface area contributed by atoms with E-state index >= 15 is 0 Å². The van der Waals surface area contributed by atoms with Gasteiger partial charge in [-0.15, -0.1) is 10.2 Å². The lowest BCUT2D eigenvalue weighted by Gasteiger charge is -2.05. The molecule has 1 amide bonds. The lowest BCUT2D eigenvalue weighted by atomic mass is 10.1. The number of Topliss-reactive ketones (excluding diaryl/α,β-unsaturated/α-hetero) is 1. The zero-order valence-corrected chi connectivity index (χ0v) is 15.3. The van der Waals surface area contributed by atoms with Crippen molar-refractivity contribution < 1.29 is 14.5 Å². The van der Waals surface area contributed by atoms with Gasteiger partial charge in [-0.05, 0) is 36.4 Å². The summed E-state index contributed by atoms with van der Waals surface area (Å²) < 4.78 is 0. The van der Waals surface area contributed by atoms with Crippen LogP contribution in [-0.4, -0.2) is 32.6 Å². The first-order valence-electron chi connectivity index (χ1n) is 8.13. The highest BCUT2D eigenvalue weighted by molar-refractivity contribution is 7.99. The van der Waals surface area contributed by atoms with E-state index in [9.17, 15) is 19.7 Å². The van der Waals surface area contributed by atoms with Crippen molar-refractivity contribution in [3.05, 3.63) is 88.0 Å². The third-order valence-corrected chi connectivity index (χ3v) is 4.59. The van der Waals surface area contributed by atoms with Crippen molar-refractivity contribution >= 4 is 35.0 Å². The lowest BCUT2D eigenvalue weighted by molar-refractivity contribution is -0.384. The highest BCUT2D eigenvalue weighted by Crippen LogP contribution is 2.19. The fourth-order valence-corrected chi connectivity index (χ4v) is 2.94. The maximum atomic E-state index is 12.2. The van der Waals surface area contributed by atoms with Crippen LogP contribution >= 0.6 is 11.8 Å². The third-order valence-electron chi connectivity index (χ3n) is 3.67. The van der Waals surface area contributed by atoms with Gasteiger partial charge in [0.05, 0.1) is 10.7 Å². The lowest BCUT2D eigenvalue weighted by Crippen LogP contribution is -2.13. The summed E-state index contributed by atoms with van der Waals surface area (Å²) >= 11 is 1.19. The van der Waals surface area contributed by atoms with Gasteiger partial charge in [0.25, 0.3) is 11.6 Å². The minimum Gasteiger partial charge on any atom is -0.305 e. The molecule has 0 saturated heterocycles. The van der Waals surface area contributed by atoms with Gasteiger partial charge >= 0.3 is 0 Å². The van der Waals surface area contributed by atoms with E-state index in [1.54, 1.807) is 36.4 Å². The van der Waals surface area contributed by atoms with E-state index in [1.165, 1.54) is 36.0 Å². The van der Waals surface area contributed by atoms with E-state index in [-0.39, 0.29) is 23.1 Å². The van der Waals surface area contributed by atoms with Crippen LogP contribution in [0.25, 0.3) is 0 Å². The molecule has 0 aliphatic heterocycles. The predicted molar refractivity (Wildman–Crippen MR) is 105 cm³/mol. The maximum absolute atomic E-state index is 12.2. The largest absolute Gasteiger partial charge is 0.305 e. The van der Waals surface area contributed by atoms with Crippen molar-refractivity contribution in [3.8, 4) is 0 Å². The number of nitrogens with zero attached hydrogens (tertiary/aromatic N) is 3. The van der Waals surface area contributed by atoms with Crippen molar-refractivity contribution in [1.82, 2.24) is 10.2 Å². The van der Waals surface area contributed by atoms with Crippen molar-refractivity contribution in [2.24, 2.45) is 0 Å². The number of anilines is 1. The van der Waals surface area contributed by atoms with Crippen LogP contribution in [0, 0.1) is 10.1 Å². The second-order valence-electron chi connectivity index (χ2n) is 5.59. The second kappa shape index (κ2) is 8.87. The molecule has 9 heteroatoms. The predicted octanol–water partition coefficient (Wildman–Crippen LogP) is 3.61. The van der Waals surface area contributed by atoms with E-state index in [0.29, 0.717) is 22.0 Å². The Balaban J connectivity index is 1.54. The standard InChI is InChI=1S/C19H14N4O4S/c24-16(13-6-8-15(9-7-13)23(26)27)12-28-18-11-10-17(21-22-18)20-19(25)14-4-2-1-3-5-14/h1-11H,12H2,(H,20,21,25). The van der Waals surface area contributed by atoms with Crippen LogP contribution < -0.4 is 5.32 Å². The second-order valence-corrected chi connectivity index (χ2v) is 6.59. The quantitative estimate of drug-likeness (QED) is 0.282. The van der Waals surface area contributed by atoms with Gasteiger partial charge in [0, 0.05) is 23.3 Å². The van der Waals surface area contributed by atoms with Gasteiger partial charge in [-0.3, -0.25) is 19.7 Å². The minimum atomic E-state index is -0.517. The molecule has 0 atom stereocenters. The molecule has 0 aliphatic carbocycles. The molecule has 8 nitrogen and oxygen atoms in total. The Hall–Kier alpha value is -3.59. The zero-order valence-electron chi connectivity index (χ0n) is 14.4. The number of nitrogens with one attached hydrogen (secondary N) is 1. The normalized spacial score (nSPS) is 10.3. The number of amides is 1. The number of benzene rings is 2. The van der Waals surface area contributed by atoms with Gasteiger partial charge < -0.3 is 5.32 Å². The van der Waals surface area contributed by atoms with Crippen LogP contribution in [-0.2, 0) is 0 Å². The summed E-state index contributed by atoms with van der Waals surface area (Å²) in [7, 11) is 0. The number of aromatic nitrogens is 2. The summed E-state index contributed by atoms with van der Waals surface area (Å²) in [6, 6.07) is 17.4. The van der Waals surface area contributed by atoms with Crippen molar-refractivity contribution in [3.63, 3.8) is 0 Å². The molecule has 28 heavy (non-hydrogen) atoms. The summed E-state index contributed by atoms with van der Waals surface area (Å²) in [5.74, 6) is -0.0472. The van der Waals surface area contributed by atoms with E-state index in [2.05, 4.69) is 15.5 Å². The number of hydrogen-bond acceptors (Lipinski definition) is 7. The van der Waals surface area contributed by atoms with Gasteiger partial charge in [0.15, 0.2) is 11.6 Å². The number of hydrogen-bond donors (Lipinski definition) is 1. The van der Waals surface area contributed by atoms with Crippen LogP contribution in [0.1, 0.15) is 20.7 Å². The molecule has 1 heterocycles. The SMILES string of the molecule is O=C(CSc1ccc(NC(=O)c2ccccc2)nn1)c1ccc([N+](=O)[O-])cc1. The number of ketones is 1. The molecule has 1 aromatic heterocycles. The Morgan fingerprint density at radius 1 is 0.929 bits per heavy atom. The molecule has 2 aromatic carbocycles. The van der Waals surface area contributed by atoms with Crippen molar-refractivity contribution in [1.29, 1.82) is 0 Å². The van der Waals surface area contributed by atoms with Gasteiger partial charge in [-0.1, -0.05) is 30.0 Å². The first kappa shape index (κ1) is 19.2. The van der Waals surface area contributed by atoms with E-state index in [0.717, 1.165) is 0 Å². The van der Waals surface area contributed by atoms with E-state index in [1.807, 2.05) is 6.07 Å². The Kier molecular flexibility index (Phi) is 6.07. The average Bonchev–Trinajstić information content (AvgIpc) is 2.73. The topological polar surface area (TPSA) is 115 Å². The third kappa shape index (κ3) is 4.98. The highest BCUT2D eigenvalue weighted by atomic mass is 32.2. The van der Waals surface area contributed by atoms with Gasteiger partial charge in [-0.2, -0.15) is 0 Å². The first-order chi connectivity index (χ1) is 13.5. The monoisotopic (exact) mass is 394 g/mol. The van der Waals surface area contributed by atoms with Gasteiger partial charge in [0.2, 0.25) is 0 Å². The Morgan fingerprint density at radius 3 is 2.25 bits per heavy atom. The maximum Gasteiger partial charge on any atom is 0.269 e. The van der Waals surface area contributed by atoms with Crippen LogP contribution in [0.2, 0.25) is 0 Å². The fourth-order valence-electron chi connectivity index (χ4n) is 2.23. The zero-order chi connectivity index (χ0) is 19.9. The van der Waals surface area contributed by atoms with Crippen LogP contribution in [0.15, 0.2) is 71.8 Å². The van der Waals surface area contributed by atoms with Crippen LogP contribution in [0.5, 0.6) is 0 Å². The van der Waals surface area contributed by atoms with Gasteiger partial charge in [-0.25, -0.2) is 0 Å². The minimum absolute atomic E-state index is 0.0665. The summed E-state index contributed by atoms with van der Waals surface area (Å²) in [5, 5.41) is 21.7. The molecule has 0 bridgehead atoms. The number of rotatable bonds is 7. The molecule has 1 N–H and O–H groups in total. The first-order valence-corrected chi connectivity index (χ1v) is 9.12. The molecule has 140 valence electrons. The Bertz CT molecular complexity index is 993. The molecule has 0 spiro atoms. The molecule has 0 unspecified atom stereocenters. The Labute approximate surface area is 164 Å². The number of thioether (sulfide) groups is 1. The number of nitro groups is 1. The van der Waals surface area contributed by atoms with Crippen molar-refractivity contribution in [2.75, 3.05) is 11.1 Å². The van der Waals surface area contributed by atoms with Crippen LogP contribution in [0.3, 0.4) is 0 Å². The number of nitro benzene ring substituents is 1. The molecular weight excluding hydrogens is 380 g/mol. The molecule has 3 aromatic rings. The number of non-ortho nitro benzene ring substituents is 1. The fraction of sp³-hybridized carbons (Fsp3) is 0.0526. The Morgan fingerprint density at radius 2 is 1.64 bits per heavy atom. The summed E-state index contributed by atoms with van der Waals surface area (Å²) in [5.41, 5.74) is 0.831. The van der Waals surface area contributed by atoms with E-state index < -0.39 is 4.92 Å². The average molecular weight is 394 g/mol. The van der Waals surface area contributed by atoms with Crippen LogP contribution in [0.4, 0.5) is 11.5 Å². The molecule has 0 saturated carbocycles. The number of carbonyl (C=O) groups excluding carboxylic acids is 2. The smallest absolute Gasteiger partial charge is 0.269 e. The molecule has 0 aliphatic rings. The number of carbonyl (C=O) groups is 2. The van der Waals surface area contributed by atoms with E-state index in [4.69, 9.17) is 0 Å². The molecular formula is C19H14N4O4S.